The summed E-state index contributed by atoms with van der Waals surface area (Å²) in [6.07, 6.45) is 0. The summed E-state index contributed by atoms with van der Waals surface area (Å²) in [7, 11) is 0. The van der Waals surface area contributed by atoms with E-state index in [9.17, 15) is 0 Å². The molecule has 0 bridgehead atoms. The van der Waals surface area contributed by atoms with Gasteiger partial charge in [-0.3, -0.25) is 0 Å². The Morgan fingerprint density at radius 2 is 0.437 bits per heavy atom. The fourth-order valence-electron chi connectivity index (χ4n) is 16.4. The molecule has 0 aliphatic carbocycles. The highest BCUT2D eigenvalue weighted by molar-refractivity contribution is 6.24. The van der Waals surface area contributed by atoms with Crippen molar-refractivity contribution in [1.82, 2.24) is 9.13 Å². The Kier molecular flexibility index (Phi) is 15.2. The van der Waals surface area contributed by atoms with Gasteiger partial charge in [0.05, 0.1) is 22.1 Å². The molecule has 20 aromatic rings. The van der Waals surface area contributed by atoms with Crippen LogP contribution in [0.4, 0.5) is 0 Å². The van der Waals surface area contributed by atoms with E-state index < -0.39 is 0 Å². The van der Waals surface area contributed by atoms with E-state index in [0.29, 0.717) is 0 Å². The van der Waals surface area contributed by atoms with Gasteiger partial charge in [0, 0.05) is 32.9 Å². The predicted octanol–water partition coefficient (Wildman–Crippen LogP) is 27.8. The van der Waals surface area contributed by atoms with Gasteiger partial charge in [0.2, 0.25) is 0 Å². The quantitative estimate of drug-likeness (QED) is 0.121. The first kappa shape index (κ1) is 60.8. The Bertz CT molecular complexity index is 6550. The molecule has 2 heterocycles. The van der Waals surface area contributed by atoms with Crippen molar-refractivity contribution in [2.45, 2.75) is 6.92 Å². The Labute approximate surface area is 599 Å². The zero-order valence-electron chi connectivity index (χ0n) is 56.9. The lowest BCUT2D eigenvalue weighted by atomic mass is 9.83. The van der Waals surface area contributed by atoms with Gasteiger partial charge in [-0.25, -0.2) is 0 Å². The maximum atomic E-state index is 2.41. The molecule has 482 valence electrons. The van der Waals surface area contributed by atoms with E-state index in [1.165, 1.54) is 181 Å². The molecule has 0 aliphatic heterocycles. The minimum atomic E-state index is 1.15. The molecule has 2 aromatic heterocycles. The van der Waals surface area contributed by atoms with Crippen molar-refractivity contribution in [3.05, 3.63) is 400 Å². The average Bonchev–Trinajstić information content (AvgIpc) is 1.68. The third-order valence-corrected chi connectivity index (χ3v) is 21.1. The van der Waals surface area contributed by atoms with Crippen molar-refractivity contribution in [2.24, 2.45) is 0 Å². The van der Waals surface area contributed by atoms with Crippen LogP contribution in [0.1, 0.15) is 5.56 Å². The number of fused-ring (bicyclic) bond motifs is 10. The lowest BCUT2D eigenvalue weighted by Gasteiger charge is -2.20. The number of nitrogens with zero attached hydrogens (tertiary/aromatic N) is 2. The Balaban J connectivity index is 0.000000142. The molecule has 0 spiro atoms. The molecule has 0 radical (unpaired) electrons. The summed E-state index contributed by atoms with van der Waals surface area (Å²) in [4.78, 5) is 0. The second-order valence-corrected chi connectivity index (χ2v) is 27.0. The molecule has 0 aliphatic rings. The number of aryl methyl sites for hydroxylation is 1. The second kappa shape index (κ2) is 25.7. The van der Waals surface area contributed by atoms with E-state index in [4.69, 9.17) is 0 Å². The van der Waals surface area contributed by atoms with E-state index in [1.807, 2.05) is 0 Å². The Morgan fingerprint density at radius 1 is 0.155 bits per heavy atom. The molecule has 103 heavy (non-hydrogen) atoms. The first-order valence-corrected chi connectivity index (χ1v) is 35.6. The van der Waals surface area contributed by atoms with Crippen molar-refractivity contribution in [3.63, 3.8) is 0 Å². The van der Waals surface area contributed by atoms with Crippen LogP contribution in [0.5, 0.6) is 0 Å². The lowest BCUT2D eigenvalue weighted by Crippen LogP contribution is -1.95. The van der Waals surface area contributed by atoms with Gasteiger partial charge in [-0.15, -0.1) is 0 Å². The molecular weight excluding hydrogens is 1240 g/mol. The zero-order chi connectivity index (χ0) is 68.3. The first-order chi connectivity index (χ1) is 51.0. The van der Waals surface area contributed by atoms with Crippen LogP contribution in [0.3, 0.4) is 0 Å². The molecule has 0 amide bonds. The van der Waals surface area contributed by atoms with E-state index in [1.54, 1.807) is 0 Å². The molecule has 0 fully saturated rings. The van der Waals surface area contributed by atoms with Gasteiger partial charge in [-0.1, -0.05) is 339 Å². The standard InChI is InChI=1S/C51H35N.C50H33N/c1-34-24-30-45-47(32-34)51(42-20-9-8-18-40(42)36-16-6-3-7-17-36)44-22-11-10-21-43(44)50(45)37-25-28-39(29-26-37)52-48-23-13-12-19-41(48)46-33-38(27-31-49(46)52)35-14-4-2-5-15-35;1-3-13-34(14-4-1)36-23-25-37(26-24-36)49-42-18-7-9-20-44(42)50(45-21-10-8-19-43(45)49)38-27-30-40(31-28-38)51-47-22-12-11-17-41(47)46-33-39(29-32-48(46)51)35-15-5-2-6-16-35/h2-33H,1H3;1-33H. The van der Waals surface area contributed by atoms with Gasteiger partial charge in [-0.05, 0) is 200 Å². The van der Waals surface area contributed by atoms with Crippen LogP contribution in [-0.2, 0) is 0 Å². The topological polar surface area (TPSA) is 9.86 Å². The highest BCUT2D eigenvalue weighted by atomic mass is 15.0. The largest absolute Gasteiger partial charge is 0.309 e. The van der Waals surface area contributed by atoms with Crippen LogP contribution in [-0.4, -0.2) is 9.13 Å². The van der Waals surface area contributed by atoms with Crippen molar-refractivity contribution in [1.29, 1.82) is 0 Å². The first-order valence-electron chi connectivity index (χ1n) is 35.6. The number of para-hydroxylation sites is 2. The summed E-state index contributed by atoms with van der Waals surface area (Å²) in [5.41, 5.74) is 28.3. The van der Waals surface area contributed by atoms with E-state index >= 15 is 0 Å². The van der Waals surface area contributed by atoms with Gasteiger partial charge >= 0.3 is 0 Å². The molecule has 0 atom stereocenters. The average molecular weight is 1310 g/mol. The van der Waals surface area contributed by atoms with Crippen molar-refractivity contribution in [2.75, 3.05) is 0 Å². The highest BCUT2D eigenvalue weighted by Gasteiger charge is 2.23. The van der Waals surface area contributed by atoms with Crippen LogP contribution in [0.15, 0.2) is 394 Å². The van der Waals surface area contributed by atoms with E-state index in [0.717, 1.165) is 11.4 Å². The van der Waals surface area contributed by atoms with Crippen LogP contribution >= 0.6 is 0 Å². The molecule has 0 saturated heterocycles. The highest BCUT2D eigenvalue weighted by Crippen LogP contribution is 2.49. The summed E-state index contributed by atoms with van der Waals surface area (Å²) in [6.45, 7) is 2.20. The molecule has 20 rings (SSSR count). The Morgan fingerprint density at radius 3 is 0.854 bits per heavy atom. The summed E-state index contributed by atoms with van der Waals surface area (Å²) in [6, 6.07) is 144. The Hall–Kier alpha value is -13.4. The van der Waals surface area contributed by atoms with Gasteiger partial charge in [0.15, 0.2) is 0 Å². The molecule has 2 nitrogen and oxygen atoms in total. The predicted molar refractivity (Wildman–Crippen MR) is 440 cm³/mol. The SMILES string of the molecule is Cc1ccc2c(-c3ccc(-n4c5ccccc5c5cc(-c6ccccc6)ccc54)cc3)c3ccccc3c(-c3ccccc3-c3ccccc3)c2c1.c1ccc(-c2ccc(-c3c4ccccc4c(-c4ccc(-n5c6ccccc6c6cc(-c7ccccc7)ccc65)cc4)c4ccccc34)cc2)cc1. The number of benzene rings is 18. The molecule has 2 heteroatoms. The van der Waals surface area contributed by atoms with Gasteiger partial charge < -0.3 is 9.13 Å². The number of aromatic nitrogens is 2. The summed E-state index contributed by atoms with van der Waals surface area (Å²) < 4.78 is 4.81. The van der Waals surface area contributed by atoms with Gasteiger partial charge in [-0.2, -0.15) is 0 Å². The van der Waals surface area contributed by atoms with Crippen LogP contribution in [0.2, 0.25) is 0 Å². The third kappa shape index (κ3) is 10.7. The maximum Gasteiger partial charge on any atom is 0.0541 e. The molecule has 0 N–H and O–H groups in total. The minimum absolute atomic E-state index is 1.15. The van der Waals surface area contributed by atoms with Crippen LogP contribution < -0.4 is 0 Å². The van der Waals surface area contributed by atoms with Crippen LogP contribution in [0, 0.1) is 6.92 Å². The maximum absolute atomic E-state index is 2.41. The molecule has 0 unspecified atom stereocenters. The van der Waals surface area contributed by atoms with Crippen molar-refractivity contribution < 1.29 is 0 Å². The number of rotatable bonds is 10. The third-order valence-electron chi connectivity index (χ3n) is 21.1. The fraction of sp³-hybridized carbons (Fsp3) is 0.00990. The summed E-state index contributed by atoms with van der Waals surface area (Å²) in [5.74, 6) is 0. The van der Waals surface area contributed by atoms with Crippen LogP contribution in [0.25, 0.3) is 187 Å². The van der Waals surface area contributed by atoms with E-state index in [2.05, 4.69) is 410 Å². The van der Waals surface area contributed by atoms with Gasteiger partial charge in [0.1, 0.15) is 0 Å². The second-order valence-electron chi connectivity index (χ2n) is 27.0. The van der Waals surface area contributed by atoms with E-state index in [-0.39, 0.29) is 0 Å². The molecule has 18 aromatic carbocycles. The van der Waals surface area contributed by atoms with Crippen molar-refractivity contribution >= 4 is 86.7 Å². The molecule has 0 saturated carbocycles. The summed E-state index contributed by atoms with van der Waals surface area (Å²) >= 11 is 0. The molecular formula is C101H68N2. The van der Waals surface area contributed by atoms with Crippen molar-refractivity contribution in [3.8, 4) is 100 Å². The summed E-state index contributed by atoms with van der Waals surface area (Å²) in [5, 5.41) is 15.2. The smallest absolute Gasteiger partial charge is 0.0541 e. The minimum Gasteiger partial charge on any atom is -0.309 e. The fourth-order valence-corrected chi connectivity index (χ4v) is 16.4. The lowest BCUT2D eigenvalue weighted by molar-refractivity contribution is 1.18. The van der Waals surface area contributed by atoms with Gasteiger partial charge in [0.25, 0.3) is 0 Å². The number of hydrogen-bond donors (Lipinski definition) is 0. The normalized spacial score (nSPS) is 11.5. The zero-order valence-corrected chi connectivity index (χ0v) is 56.9. The number of hydrogen-bond acceptors (Lipinski definition) is 0. The monoisotopic (exact) mass is 1310 g/mol.